The second kappa shape index (κ2) is 52.3. The van der Waals surface area contributed by atoms with E-state index >= 15 is 0 Å². The first-order valence-corrected chi connectivity index (χ1v) is 32.5. The minimum absolute atomic E-state index is 0.253. The molecule has 12 atom stereocenters. The summed E-state index contributed by atoms with van der Waals surface area (Å²) in [7, 11) is 0. The van der Waals surface area contributed by atoms with Crippen LogP contribution in [-0.4, -0.2) is 140 Å². The van der Waals surface area contributed by atoms with E-state index in [0.717, 1.165) is 77.0 Å². The molecule has 2 aliphatic rings. The molecule has 2 rings (SSSR count). The fraction of sp³-hybridized carbons (Fsp3) is 0.750. The molecule has 0 aromatic heterocycles. The first-order valence-electron chi connectivity index (χ1n) is 32.5. The molecule has 82 heavy (non-hydrogen) atoms. The Bertz CT molecular complexity index is 1740. The third-order valence-corrected chi connectivity index (χ3v) is 15.3. The van der Waals surface area contributed by atoms with Crippen molar-refractivity contribution in [1.29, 1.82) is 0 Å². The van der Waals surface area contributed by atoms with Gasteiger partial charge < -0.3 is 65.1 Å². The van der Waals surface area contributed by atoms with Gasteiger partial charge in [0, 0.05) is 6.42 Å². The van der Waals surface area contributed by atoms with Gasteiger partial charge in [0.15, 0.2) is 12.6 Å². The van der Waals surface area contributed by atoms with Crippen LogP contribution < -0.4 is 5.32 Å². The summed E-state index contributed by atoms with van der Waals surface area (Å²) in [5, 5.41) is 86.8. The van der Waals surface area contributed by atoms with Crippen LogP contribution in [0.25, 0.3) is 0 Å². The SMILES string of the molecule is CC/C=C\C/C=C\C/C=C\C/C=C\C/C=C\C/C=C\CCCCCCCCCCCCCCCCCCCCCCC(=O)NC(COC1OC(CO)C(OC2OC(CO)C(O)C(O)C2O)C(O)C1O)C(O)/C=C/CC/C=C/CCCCC. The largest absolute Gasteiger partial charge is 0.394 e. The van der Waals surface area contributed by atoms with Crippen molar-refractivity contribution < 1.29 is 64.6 Å². The van der Waals surface area contributed by atoms with Crippen molar-refractivity contribution in [2.45, 2.75) is 306 Å². The molecular weight excluding hydrogens is 1040 g/mol. The second-order valence-corrected chi connectivity index (χ2v) is 22.5. The van der Waals surface area contributed by atoms with Crippen molar-refractivity contribution >= 4 is 5.91 Å². The third-order valence-electron chi connectivity index (χ3n) is 15.3. The topological polar surface area (TPSA) is 228 Å². The van der Waals surface area contributed by atoms with Crippen LogP contribution in [0, 0.1) is 0 Å². The Morgan fingerprint density at radius 3 is 1.34 bits per heavy atom. The van der Waals surface area contributed by atoms with E-state index in [1.54, 1.807) is 6.08 Å². The number of aliphatic hydroxyl groups is 8. The average molecular weight is 1160 g/mol. The highest BCUT2D eigenvalue weighted by Gasteiger charge is 2.51. The molecule has 9 N–H and O–H groups in total. The lowest BCUT2D eigenvalue weighted by molar-refractivity contribution is -0.359. The summed E-state index contributed by atoms with van der Waals surface area (Å²) in [6, 6.07) is -0.932. The smallest absolute Gasteiger partial charge is 0.220 e. The maximum atomic E-state index is 13.2. The van der Waals surface area contributed by atoms with Crippen molar-refractivity contribution in [2.75, 3.05) is 19.8 Å². The molecule has 2 fully saturated rings. The van der Waals surface area contributed by atoms with Gasteiger partial charge in [-0.05, 0) is 83.5 Å². The standard InChI is InChI=1S/C68H117NO13/c1-3-5-7-9-11-13-14-15-16-17-18-19-20-21-22-23-24-25-26-27-28-29-30-31-32-33-34-35-36-37-38-39-40-41-42-44-46-48-50-52-60(73)69-56(57(72)51-49-47-45-43-12-10-8-6-4-2)55-79-67-65(78)63(76)66(59(54-71)81-67)82-68-64(77)62(75)61(74)58(53-70)80-68/h5,7,11-13,15-16,18-19,21-22,24-25,43,49,51,56-59,61-68,70-72,74-78H,3-4,6,8-10,14,17,20,23,26-42,44-48,50,52-55H2,1-2H3,(H,69,73)/b7-5-,13-11-,16-15-,19-18-,22-21-,25-24-,43-12+,51-49+. The Morgan fingerprint density at radius 1 is 0.451 bits per heavy atom. The van der Waals surface area contributed by atoms with Crippen LogP contribution in [-0.2, 0) is 23.7 Å². The van der Waals surface area contributed by atoms with Crippen LogP contribution in [0.1, 0.15) is 232 Å². The van der Waals surface area contributed by atoms with E-state index in [4.69, 9.17) is 18.9 Å². The number of carbonyl (C=O) groups excluding carboxylic acids is 1. The van der Waals surface area contributed by atoms with Crippen molar-refractivity contribution in [2.24, 2.45) is 0 Å². The molecule has 0 bridgehead atoms. The molecule has 0 spiro atoms. The van der Waals surface area contributed by atoms with Crippen molar-refractivity contribution in [3.63, 3.8) is 0 Å². The van der Waals surface area contributed by atoms with Crippen molar-refractivity contribution in [3.05, 3.63) is 97.2 Å². The van der Waals surface area contributed by atoms with E-state index in [0.29, 0.717) is 12.8 Å². The predicted octanol–water partition coefficient (Wildman–Crippen LogP) is 12.2. The van der Waals surface area contributed by atoms with E-state index in [2.05, 4.69) is 104 Å². The quantitative estimate of drug-likeness (QED) is 0.0204. The normalized spacial score (nSPS) is 24.6. The molecule has 1 amide bonds. The van der Waals surface area contributed by atoms with Gasteiger partial charge in [-0.15, -0.1) is 0 Å². The highest BCUT2D eigenvalue weighted by atomic mass is 16.7. The second-order valence-electron chi connectivity index (χ2n) is 22.5. The molecule has 14 nitrogen and oxygen atoms in total. The molecular formula is C68H117NO13. The van der Waals surface area contributed by atoms with E-state index in [1.165, 1.54) is 122 Å². The lowest BCUT2D eigenvalue weighted by Crippen LogP contribution is -2.65. The Kier molecular flexibility index (Phi) is 47.8. The number of rotatable bonds is 51. The number of allylic oxidation sites excluding steroid dienone is 15. The van der Waals surface area contributed by atoms with Crippen LogP contribution in [0.4, 0.5) is 0 Å². The van der Waals surface area contributed by atoms with Gasteiger partial charge in [-0.1, -0.05) is 239 Å². The van der Waals surface area contributed by atoms with Gasteiger partial charge in [0.1, 0.15) is 48.8 Å². The number of carbonyl (C=O) groups is 1. The Hall–Kier alpha value is -3.09. The molecule has 14 heteroatoms. The molecule has 12 unspecified atom stereocenters. The lowest BCUT2D eigenvalue weighted by Gasteiger charge is -2.46. The van der Waals surface area contributed by atoms with Crippen LogP contribution in [0.2, 0.25) is 0 Å². The molecule has 0 saturated carbocycles. The van der Waals surface area contributed by atoms with Gasteiger partial charge in [0.2, 0.25) is 5.91 Å². The maximum Gasteiger partial charge on any atom is 0.220 e. The number of unbranched alkanes of at least 4 members (excludes halogenated alkanes) is 24. The summed E-state index contributed by atoms with van der Waals surface area (Å²) in [5.74, 6) is -0.253. The van der Waals surface area contributed by atoms with Crippen LogP contribution in [0.5, 0.6) is 0 Å². The summed E-state index contributed by atoms with van der Waals surface area (Å²) in [5.41, 5.74) is 0. The molecule has 472 valence electrons. The lowest BCUT2D eigenvalue weighted by atomic mass is 9.97. The zero-order valence-electron chi connectivity index (χ0n) is 50.9. The number of nitrogens with one attached hydrogen (secondary N) is 1. The number of ether oxygens (including phenoxy) is 4. The fourth-order valence-electron chi connectivity index (χ4n) is 10.1. The maximum absolute atomic E-state index is 13.2. The van der Waals surface area contributed by atoms with E-state index in [-0.39, 0.29) is 18.9 Å². The Morgan fingerprint density at radius 2 is 0.854 bits per heavy atom. The summed E-state index contributed by atoms with van der Waals surface area (Å²) in [6.45, 7) is 2.60. The Labute approximate surface area is 496 Å². The fourth-order valence-corrected chi connectivity index (χ4v) is 10.1. The number of hydrogen-bond donors (Lipinski definition) is 9. The minimum Gasteiger partial charge on any atom is -0.394 e. The molecule has 2 saturated heterocycles. The van der Waals surface area contributed by atoms with Gasteiger partial charge in [-0.3, -0.25) is 4.79 Å². The van der Waals surface area contributed by atoms with Crippen molar-refractivity contribution in [1.82, 2.24) is 5.32 Å². The molecule has 2 heterocycles. The van der Waals surface area contributed by atoms with E-state index in [9.17, 15) is 45.6 Å². The van der Waals surface area contributed by atoms with E-state index < -0.39 is 86.8 Å². The average Bonchev–Trinajstić information content (AvgIpc) is 3.38. The molecule has 0 aliphatic carbocycles. The van der Waals surface area contributed by atoms with Gasteiger partial charge in [-0.2, -0.15) is 0 Å². The summed E-state index contributed by atoms with van der Waals surface area (Å²) < 4.78 is 22.7. The number of aliphatic hydroxyl groups excluding tert-OH is 8. The molecule has 0 aromatic carbocycles. The van der Waals surface area contributed by atoms with Gasteiger partial charge >= 0.3 is 0 Å². The van der Waals surface area contributed by atoms with Crippen LogP contribution in [0.15, 0.2) is 97.2 Å². The predicted molar refractivity (Wildman–Crippen MR) is 332 cm³/mol. The van der Waals surface area contributed by atoms with Gasteiger partial charge in [-0.25, -0.2) is 0 Å². The zero-order chi connectivity index (χ0) is 59.5. The van der Waals surface area contributed by atoms with Gasteiger partial charge in [0.05, 0.1) is 32.0 Å². The zero-order valence-corrected chi connectivity index (χ0v) is 50.9. The summed E-state index contributed by atoms with van der Waals surface area (Å²) in [6.07, 6.45) is 56.5. The van der Waals surface area contributed by atoms with Crippen LogP contribution >= 0.6 is 0 Å². The first kappa shape index (κ1) is 75.0. The highest BCUT2D eigenvalue weighted by Crippen LogP contribution is 2.30. The van der Waals surface area contributed by atoms with Crippen molar-refractivity contribution in [3.8, 4) is 0 Å². The van der Waals surface area contributed by atoms with Gasteiger partial charge in [0.25, 0.3) is 0 Å². The third kappa shape index (κ3) is 36.7. The highest BCUT2D eigenvalue weighted by molar-refractivity contribution is 5.76. The molecule has 0 radical (unpaired) electrons. The first-order chi connectivity index (χ1) is 40.1. The van der Waals surface area contributed by atoms with E-state index in [1.807, 2.05) is 6.08 Å². The summed E-state index contributed by atoms with van der Waals surface area (Å²) >= 11 is 0. The van der Waals surface area contributed by atoms with Crippen LogP contribution in [0.3, 0.4) is 0 Å². The molecule has 2 aliphatic heterocycles. The number of amides is 1. The Balaban J connectivity index is 1.54. The summed E-state index contributed by atoms with van der Waals surface area (Å²) in [4.78, 5) is 13.2. The number of hydrogen-bond acceptors (Lipinski definition) is 13. The minimum atomic E-state index is -1.79. The molecule has 0 aromatic rings. The monoisotopic (exact) mass is 1160 g/mol.